The van der Waals surface area contributed by atoms with Gasteiger partial charge in [-0.25, -0.2) is 9.78 Å². The first-order valence-corrected chi connectivity index (χ1v) is 6.83. The molecule has 0 bridgehead atoms. The van der Waals surface area contributed by atoms with E-state index < -0.39 is 18.2 Å². The van der Waals surface area contributed by atoms with E-state index in [1.807, 2.05) is 12.2 Å². The van der Waals surface area contributed by atoms with E-state index in [9.17, 15) is 18.0 Å². The minimum absolute atomic E-state index is 0.0666. The number of hydrogen-bond donors (Lipinski definition) is 2. The maximum absolute atomic E-state index is 13.1. The molecule has 0 aliphatic carbocycles. The molecule has 0 saturated heterocycles. The van der Waals surface area contributed by atoms with E-state index in [4.69, 9.17) is 0 Å². The summed E-state index contributed by atoms with van der Waals surface area (Å²) in [4.78, 5) is 19.2. The number of nitrogens with one attached hydrogen (secondary N) is 2. The van der Waals surface area contributed by atoms with Crippen LogP contribution in [0.2, 0.25) is 0 Å². The molecular weight excluding hydrogens is 313 g/mol. The molecule has 2 amide bonds. The lowest BCUT2D eigenvalue weighted by atomic mass is 10.1. The monoisotopic (exact) mass is 328 g/mol. The first kappa shape index (κ1) is 16.7. The highest BCUT2D eigenvalue weighted by molar-refractivity contribution is 5.87. The number of aromatic nitrogens is 4. The molecule has 2 heterocycles. The van der Waals surface area contributed by atoms with Crippen LogP contribution in [0, 0.1) is 0 Å². The Morgan fingerprint density at radius 3 is 2.83 bits per heavy atom. The van der Waals surface area contributed by atoms with E-state index in [1.54, 1.807) is 0 Å². The van der Waals surface area contributed by atoms with E-state index in [-0.39, 0.29) is 11.5 Å². The number of alkyl halides is 3. The van der Waals surface area contributed by atoms with Crippen LogP contribution < -0.4 is 10.6 Å². The van der Waals surface area contributed by atoms with E-state index in [1.165, 1.54) is 29.3 Å². The molecule has 0 fully saturated rings. The van der Waals surface area contributed by atoms with Crippen molar-refractivity contribution in [3.63, 3.8) is 0 Å². The molecule has 0 saturated carbocycles. The summed E-state index contributed by atoms with van der Waals surface area (Å²) in [5.41, 5.74) is -0.167. The summed E-state index contributed by atoms with van der Waals surface area (Å²) in [5.74, 6) is -0.0666. The summed E-state index contributed by atoms with van der Waals surface area (Å²) in [6, 6.07) is -0.624. The standard InChI is InChI=1S/C13H15F3N6O/c1-2-6-22-8-18-11(21-22)20-12(23)19-10(13(14,15)16)9-4-3-5-17-7-9/h3-5,7-8,10H,2,6H2,1H3,(H2,19,20,21,23). The van der Waals surface area contributed by atoms with Gasteiger partial charge in [0.25, 0.3) is 0 Å². The largest absolute Gasteiger partial charge is 0.412 e. The van der Waals surface area contributed by atoms with Crippen molar-refractivity contribution in [1.82, 2.24) is 25.1 Å². The van der Waals surface area contributed by atoms with Gasteiger partial charge in [0.1, 0.15) is 6.33 Å². The normalized spacial score (nSPS) is 12.7. The number of pyridine rings is 1. The van der Waals surface area contributed by atoms with Crippen molar-refractivity contribution in [3.8, 4) is 0 Å². The van der Waals surface area contributed by atoms with Crippen molar-refractivity contribution in [2.24, 2.45) is 0 Å². The van der Waals surface area contributed by atoms with Crippen LogP contribution in [-0.2, 0) is 6.54 Å². The molecule has 0 radical (unpaired) electrons. The van der Waals surface area contributed by atoms with Crippen molar-refractivity contribution in [2.75, 3.05) is 5.32 Å². The lowest BCUT2D eigenvalue weighted by Gasteiger charge is -2.21. The molecule has 2 rings (SSSR count). The third-order valence-electron chi connectivity index (χ3n) is 2.84. The Kier molecular flexibility index (Phi) is 5.14. The summed E-state index contributed by atoms with van der Waals surface area (Å²) >= 11 is 0. The maximum Gasteiger partial charge on any atom is 0.412 e. The molecule has 7 nitrogen and oxygen atoms in total. The fraction of sp³-hybridized carbons (Fsp3) is 0.385. The Morgan fingerprint density at radius 2 is 2.22 bits per heavy atom. The van der Waals surface area contributed by atoms with Crippen LogP contribution in [0.1, 0.15) is 24.9 Å². The fourth-order valence-electron chi connectivity index (χ4n) is 1.86. The van der Waals surface area contributed by atoms with Crippen molar-refractivity contribution in [3.05, 3.63) is 36.4 Å². The lowest BCUT2D eigenvalue weighted by Crippen LogP contribution is -2.40. The van der Waals surface area contributed by atoms with Gasteiger partial charge in [0.15, 0.2) is 6.04 Å². The quantitative estimate of drug-likeness (QED) is 0.883. The first-order chi connectivity index (χ1) is 10.9. The van der Waals surface area contributed by atoms with E-state index in [0.717, 1.165) is 12.6 Å². The molecule has 2 aromatic heterocycles. The van der Waals surface area contributed by atoms with Crippen LogP contribution in [0.5, 0.6) is 0 Å². The number of nitrogens with zero attached hydrogens (tertiary/aromatic N) is 4. The molecule has 124 valence electrons. The summed E-state index contributed by atoms with van der Waals surface area (Å²) in [5, 5.41) is 7.96. The highest BCUT2D eigenvalue weighted by atomic mass is 19.4. The topological polar surface area (TPSA) is 84.7 Å². The molecule has 2 aromatic rings. The second-order valence-corrected chi connectivity index (χ2v) is 4.69. The van der Waals surface area contributed by atoms with Crippen LogP contribution in [0.4, 0.5) is 23.9 Å². The molecule has 10 heteroatoms. The average molecular weight is 328 g/mol. The average Bonchev–Trinajstić information content (AvgIpc) is 2.92. The Labute approximate surface area is 129 Å². The Bertz CT molecular complexity index is 643. The lowest BCUT2D eigenvalue weighted by molar-refractivity contribution is -0.154. The minimum Gasteiger partial charge on any atom is -0.322 e. The zero-order chi connectivity index (χ0) is 16.9. The van der Waals surface area contributed by atoms with E-state index in [0.29, 0.717) is 6.54 Å². The van der Waals surface area contributed by atoms with Gasteiger partial charge in [0.2, 0.25) is 5.95 Å². The number of anilines is 1. The number of rotatable bonds is 5. The zero-order valence-electron chi connectivity index (χ0n) is 12.2. The number of carbonyl (C=O) groups excluding carboxylic acids is 1. The van der Waals surface area contributed by atoms with Crippen molar-refractivity contribution in [2.45, 2.75) is 32.1 Å². The highest BCUT2D eigenvalue weighted by Crippen LogP contribution is 2.32. The highest BCUT2D eigenvalue weighted by Gasteiger charge is 2.42. The molecule has 1 unspecified atom stereocenters. The van der Waals surface area contributed by atoms with Crippen LogP contribution in [0.25, 0.3) is 0 Å². The second kappa shape index (κ2) is 7.07. The van der Waals surface area contributed by atoms with Crippen LogP contribution in [-0.4, -0.2) is 32.0 Å². The van der Waals surface area contributed by atoms with Gasteiger partial charge in [-0.15, -0.1) is 5.10 Å². The fourth-order valence-corrected chi connectivity index (χ4v) is 1.86. The summed E-state index contributed by atoms with van der Waals surface area (Å²) < 4.78 is 40.8. The molecular formula is C13H15F3N6O. The summed E-state index contributed by atoms with van der Waals surface area (Å²) in [6.07, 6.45) is -0.0586. The van der Waals surface area contributed by atoms with Crippen molar-refractivity contribution in [1.29, 1.82) is 0 Å². The predicted molar refractivity (Wildman–Crippen MR) is 75.5 cm³/mol. The van der Waals surface area contributed by atoms with Gasteiger partial charge in [0, 0.05) is 24.5 Å². The molecule has 1 atom stereocenters. The van der Waals surface area contributed by atoms with Crippen LogP contribution >= 0.6 is 0 Å². The predicted octanol–water partition coefficient (Wildman–Crippen LogP) is 2.51. The number of carbonyl (C=O) groups is 1. The van der Waals surface area contributed by atoms with E-state index >= 15 is 0 Å². The molecule has 0 spiro atoms. The van der Waals surface area contributed by atoms with Crippen LogP contribution in [0.15, 0.2) is 30.9 Å². The van der Waals surface area contributed by atoms with Gasteiger partial charge < -0.3 is 5.32 Å². The van der Waals surface area contributed by atoms with Gasteiger partial charge in [0.05, 0.1) is 0 Å². The Balaban J connectivity index is 2.05. The summed E-state index contributed by atoms with van der Waals surface area (Å²) in [6.45, 7) is 2.53. The third-order valence-corrected chi connectivity index (χ3v) is 2.84. The molecule has 0 aliphatic rings. The number of aryl methyl sites for hydroxylation is 1. The number of amides is 2. The van der Waals surface area contributed by atoms with E-state index in [2.05, 4.69) is 20.4 Å². The SMILES string of the molecule is CCCn1cnc(NC(=O)NC(c2cccnc2)C(F)(F)F)n1. The van der Waals surface area contributed by atoms with Gasteiger partial charge in [-0.05, 0) is 12.5 Å². The first-order valence-electron chi connectivity index (χ1n) is 6.83. The molecule has 23 heavy (non-hydrogen) atoms. The van der Waals surface area contributed by atoms with Gasteiger partial charge >= 0.3 is 12.2 Å². The number of halogens is 3. The Morgan fingerprint density at radius 1 is 1.43 bits per heavy atom. The Hall–Kier alpha value is -2.65. The van der Waals surface area contributed by atoms with Crippen molar-refractivity contribution < 1.29 is 18.0 Å². The minimum atomic E-state index is -4.66. The number of urea groups is 1. The second-order valence-electron chi connectivity index (χ2n) is 4.69. The molecule has 2 N–H and O–H groups in total. The zero-order valence-corrected chi connectivity index (χ0v) is 12.2. The van der Waals surface area contributed by atoms with Gasteiger partial charge in [-0.1, -0.05) is 13.0 Å². The molecule has 0 aliphatic heterocycles. The maximum atomic E-state index is 13.1. The number of hydrogen-bond acceptors (Lipinski definition) is 4. The third kappa shape index (κ3) is 4.66. The summed E-state index contributed by atoms with van der Waals surface area (Å²) in [7, 11) is 0. The smallest absolute Gasteiger partial charge is 0.322 e. The van der Waals surface area contributed by atoms with Gasteiger partial charge in [-0.3, -0.25) is 15.0 Å². The van der Waals surface area contributed by atoms with Crippen LogP contribution in [0.3, 0.4) is 0 Å². The van der Waals surface area contributed by atoms with Gasteiger partial charge in [-0.2, -0.15) is 13.2 Å². The van der Waals surface area contributed by atoms with Crippen molar-refractivity contribution >= 4 is 12.0 Å². The molecule has 0 aromatic carbocycles.